The Morgan fingerprint density at radius 2 is 2.33 bits per heavy atom. The number of H-pyrrole nitrogens is 2. The number of aromatic amines is 2. The molecule has 0 amide bonds. The highest BCUT2D eigenvalue weighted by Gasteiger charge is 2.20. The summed E-state index contributed by atoms with van der Waals surface area (Å²) in [6.45, 7) is 1.04. The van der Waals surface area contributed by atoms with Gasteiger partial charge in [0.05, 0.1) is 6.33 Å². The molecule has 0 bridgehead atoms. The van der Waals surface area contributed by atoms with Gasteiger partial charge in [0.1, 0.15) is 11.0 Å². The van der Waals surface area contributed by atoms with Gasteiger partial charge < -0.3 is 15.3 Å². The second-order valence-corrected chi connectivity index (χ2v) is 3.85. The number of hydrogen-bond acceptors (Lipinski definition) is 3. The van der Waals surface area contributed by atoms with Crippen LogP contribution < -0.4 is 10.9 Å². The molecule has 2 aromatic rings. The average molecular weight is 204 g/mol. The lowest BCUT2D eigenvalue weighted by Crippen LogP contribution is -2.13. The Bertz CT molecular complexity index is 536. The fourth-order valence-corrected chi connectivity index (χ4v) is 2.19. The fourth-order valence-electron chi connectivity index (χ4n) is 2.19. The molecule has 2 aromatic heterocycles. The summed E-state index contributed by atoms with van der Waals surface area (Å²) in [5.74, 6) is 0. The van der Waals surface area contributed by atoms with Gasteiger partial charge in [-0.1, -0.05) is 0 Å². The van der Waals surface area contributed by atoms with Crippen molar-refractivity contribution >= 4 is 11.0 Å². The summed E-state index contributed by atoms with van der Waals surface area (Å²) in [6, 6.07) is 0.341. The van der Waals surface area contributed by atoms with Gasteiger partial charge in [0.25, 0.3) is 5.56 Å². The Kier molecular flexibility index (Phi) is 1.85. The average Bonchev–Trinajstić information content (AvgIpc) is 2.85. The predicted molar refractivity (Wildman–Crippen MR) is 56.7 cm³/mol. The number of rotatable bonds is 1. The van der Waals surface area contributed by atoms with Crippen LogP contribution in [0.25, 0.3) is 11.0 Å². The van der Waals surface area contributed by atoms with E-state index < -0.39 is 0 Å². The molecule has 5 nitrogen and oxygen atoms in total. The summed E-state index contributed by atoms with van der Waals surface area (Å²) in [4.78, 5) is 21.2. The van der Waals surface area contributed by atoms with Crippen molar-refractivity contribution in [1.82, 2.24) is 20.3 Å². The van der Waals surface area contributed by atoms with Crippen LogP contribution in [0.1, 0.15) is 24.4 Å². The number of nitrogens with one attached hydrogen (secondary N) is 3. The first-order valence-electron chi connectivity index (χ1n) is 5.14. The van der Waals surface area contributed by atoms with Crippen molar-refractivity contribution in [1.29, 1.82) is 0 Å². The zero-order valence-electron chi connectivity index (χ0n) is 8.21. The molecule has 15 heavy (non-hydrogen) atoms. The molecule has 5 heteroatoms. The molecule has 1 atom stereocenters. The first-order valence-corrected chi connectivity index (χ1v) is 5.14. The van der Waals surface area contributed by atoms with Gasteiger partial charge in [-0.25, -0.2) is 4.98 Å². The lowest BCUT2D eigenvalue weighted by atomic mass is 10.1. The highest BCUT2D eigenvalue weighted by molar-refractivity contribution is 5.78. The zero-order valence-corrected chi connectivity index (χ0v) is 8.21. The Morgan fingerprint density at radius 3 is 3.13 bits per heavy atom. The van der Waals surface area contributed by atoms with E-state index in [-0.39, 0.29) is 5.56 Å². The Labute approximate surface area is 85.9 Å². The van der Waals surface area contributed by atoms with Gasteiger partial charge in [0.15, 0.2) is 0 Å². The van der Waals surface area contributed by atoms with Crippen molar-refractivity contribution in [2.75, 3.05) is 6.54 Å². The molecule has 1 unspecified atom stereocenters. The molecular formula is C10H12N4O. The van der Waals surface area contributed by atoms with Crippen LogP contribution in [0.5, 0.6) is 0 Å². The largest absolute Gasteiger partial charge is 0.355 e. The van der Waals surface area contributed by atoms with E-state index in [1.54, 1.807) is 0 Å². The van der Waals surface area contributed by atoms with E-state index in [2.05, 4.69) is 20.3 Å². The second-order valence-electron chi connectivity index (χ2n) is 3.85. The Hall–Kier alpha value is -1.62. The SMILES string of the molecule is O=c1[nH]cnc2c(C3CCCN3)c[nH]c12. The van der Waals surface area contributed by atoms with Crippen LogP contribution in [-0.2, 0) is 0 Å². The monoisotopic (exact) mass is 204 g/mol. The van der Waals surface area contributed by atoms with Crippen molar-refractivity contribution in [2.24, 2.45) is 0 Å². The molecule has 1 fully saturated rings. The van der Waals surface area contributed by atoms with Crippen LogP contribution in [-0.4, -0.2) is 21.5 Å². The third-order valence-electron chi connectivity index (χ3n) is 2.93. The third kappa shape index (κ3) is 1.27. The van der Waals surface area contributed by atoms with Gasteiger partial charge >= 0.3 is 0 Å². The van der Waals surface area contributed by atoms with E-state index in [1.807, 2.05) is 6.20 Å². The first-order chi connectivity index (χ1) is 7.36. The van der Waals surface area contributed by atoms with Gasteiger partial charge in [-0.3, -0.25) is 4.79 Å². The number of fused-ring (bicyclic) bond motifs is 1. The third-order valence-corrected chi connectivity index (χ3v) is 2.93. The molecule has 1 aliphatic heterocycles. The topological polar surface area (TPSA) is 73.6 Å². The smallest absolute Gasteiger partial charge is 0.275 e. The van der Waals surface area contributed by atoms with E-state index >= 15 is 0 Å². The van der Waals surface area contributed by atoms with Crippen LogP contribution in [0.3, 0.4) is 0 Å². The summed E-state index contributed by atoms with van der Waals surface area (Å²) >= 11 is 0. The highest BCUT2D eigenvalue weighted by Crippen LogP contribution is 2.26. The van der Waals surface area contributed by atoms with E-state index in [0.717, 1.165) is 24.0 Å². The Morgan fingerprint density at radius 1 is 1.40 bits per heavy atom. The van der Waals surface area contributed by atoms with E-state index in [1.165, 1.54) is 12.7 Å². The molecule has 3 N–H and O–H groups in total. The minimum atomic E-state index is -0.107. The molecule has 0 spiro atoms. The van der Waals surface area contributed by atoms with Crippen LogP contribution >= 0.6 is 0 Å². The molecule has 0 aliphatic carbocycles. The minimum Gasteiger partial charge on any atom is -0.355 e. The summed E-state index contributed by atoms with van der Waals surface area (Å²) in [5, 5.41) is 3.40. The molecule has 0 aromatic carbocycles. The van der Waals surface area contributed by atoms with Crippen LogP contribution in [0.2, 0.25) is 0 Å². The number of nitrogens with zero attached hydrogens (tertiary/aromatic N) is 1. The quantitative estimate of drug-likeness (QED) is 0.639. The zero-order chi connectivity index (χ0) is 10.3. The maximum atomic E-state index is 11.5. The molecule has 1 saturated heterocycles. The van der Waals surface area contributed by atoms with Gasteiger partial charge in [-0.15, -0.1) is 0 Å². The van der Waals surface area contributed by atoms with Gasteiger partial charge in [-0.2, -0.15) is 0 Å². The maximum Gasteiger partial charge on any atom is 0.275 e. The Balaban J connectivity index is 2.19. The summed E-state index contributed by atoms with van der Waals surface area (Å²) in [5.41, 5.74) is 2.36. The minimum absolute atomic E-state index is 0.107. The second kappa shape index (κ2) is 3.20. The van der Waals surface area contributed by atoms with Crippen LogP contribution in [0, 0.1) is 0 Å². The highest BCUT2D eigenvalue weighted by atomic mass is 16.1. The maximum absolute atomic E-state index is 11.5. The summed E-state index contributed by atoms with van der Waals surface area (Å²) in [7, 11) is 0. The van der Waals surface area contributed by atoms with E-state index in [0.29, 0.717) is 11.6 Å². The summed E-state index contributed by atoms with van der Waals surface area (Å²) in [6.07, 6.45) is 5.63. The predicted octanol–water partition coefficient (Wildman–Crippen LogP) is 0.676. The van der Waals surface area contributed by atoms with Gasteiger partial charge in [0.2, 0.25) is 0 Å². The van der Waals surface area contributed by atoms with E-state index in [9.17, 15) is 4.79 Å². The van der Waals surface area contributed by atoms with Crippen molar-refractivity contribution < 1.29 is 0 Å². The van der Waals surface area contributed by atoms with Crippen molar-refractivity contribution in [3.05, 3.63) is 28.4 Å². The number of hydrogen-bond donors (Lipinski definition) is 3. The van der Waals surface area contributed by atoms with Crippen LogP contribution in [0.4, 0.5) is 0 Å². The first kappa shape index (κ1) is 8.67. The molecule has 78 valence electrons. The lowest BCUT2D eigenvalue weighted by Gasteiger charge is -2.07. The van der Waals surface area contributed by atoms with Crippen molar-refractivity contribution in [2.45, 2.75) is 18.9 Å². The van der Waals surface area contributed by atoms with Gasteiger partial charge in [-0.05, 0) is 19.4 Å². The molecule has 3 rings (SSSR count). The summed E-state index contributed by atoms with van der Waals surface area (Å²) < 4.78 is 0. The van der Waals surface area contributed by atoms with Gasteiger partial charge in [0, 0.05) is 17.8 Å². The molecular weight excluding hydrogens is 192 g/mol. The molecule has 1 aliphatic rings. The lowest BCUT2D eigenvalue weighted by molar-refractivity contribution is 0.651. The van der Waals surface area contributed by atoms with Crippen molar-refractivity contribution in [3.63, 3.8) is 0 Å². The van der Waals surface area contributed by atoms with E-state index in [4.69, 9.17) is 0 Å². The molecule has 3 heterocycles. The number of aromatic nitrogens is 3. The normalized spacial score (nSPS) is 21.2. The molecule has 0 saturated carbocycles. The fraction of sp³-hybridized carbons (Fsp3) is 0.400. The van der Waals surface area contributed by atoms with Crippen LogP contribution in [0.15, 0.2) is 17.3 Å². The standard InChI is InChI=1S/C10H12N4O/c15-10-9-8(13-5-14-10)6(4-12-9)7-2-1-3-11-7/h4-5,7,11-12H,1-3H2,(H,13,14,15). The molecule has 0 radical (unpaired) electrons. The van der Waals surface area contributed by atoms with Crippen molar-refractivity contribution in [3.8, 4) is 0 Å².